The van der Waals surface area contributed by atoms with Crippen molar-refractivity contribution in [3.8, 4) is 0 Å². The van der Waals surface area contributed by atoms with Crippen LogP contribution in [-0.2, 0) is 6.42 Å². The quantitative estimate of drug-likeness (QED) is 0.779. The predicted octanol–water partition coefficient (Wildman–Crippen LogP) is 1.44. The number of hydrogen-bond donors (Lipinski definition) is 1. The monoisotopic (exact) mass is 220 g/mol. The molecule has 4 nitrogen and oxygen atoms in total. The SMILES string of the molecule is CCc1nc2c(C=O)ccc(F)c2[nH]c1=O. The summed E-state index contributed by atoms with van der Waals surface area (Å²) >= 11 is 0. The number of aromatic amines is 1. The number of aryl methyl sites for hydroxylation is 1. The zero-order valence-electron chi connectivity index (χ0n) is 8.58. The zero-order valence-corrected chi connectivity index (χ0v) is 8.58. The smallest absolute Gasteiger partial charge is 0.270 e. The molecule has 0 radical (unpaired) electrons. The molecule has 1 heterocycles. The maximum atomic E-state index is 13.4. The van der Waals surface area contributed by atoms with Crippen molar-refractivity contribution in [2.75, 3.05) is 0 Å². The second kappa shape index (κ2) is 3.84. The molecule has 0 bridgehead atoms. The van der Waals surface area contributed by atoms with Crippen molar-refractivity contribution < 1.29 is 9.18 Å². The summed E-state index contributed by atoms with van der Waals surface area (Å²) in [5.74, 6) is -0.590. The standard InChI is InChI=1S/C11H9FN2O2/c1-2-8-11(16)14-10-7(12)4-3-6(5-15)9(10)13-8/h3-5H,2H2,1H3,(H,14,16). The minimum Gasteiger partial charge on any atom is -0.317 e. The summed E-state index contributed by atoms with van der Waals surface area (Å²) < 4.78 is 13.4. The number of carbonyl (C=O) groups excluding carboxylic acids is 1. The molecular formula is C11H9FN2O2. The lowest BCUT2D eigenvalue weighted by atomic mass is 10.1. The van der Waals surface area contributed by atoms with E-state index >= 15 is 0 Å². The van der Waals surface area contributed by atoms with E-state index in [0.717, 1.165) is 6.07 Å². The van der Waals surface area contributed by atoms with Crippen LogP contribution in [0.3, 0.4) is 0 Å². The summed E-state index contributed by atoms with van der Waals surface area (Å²) in [6.45, 7) is 1.77. The number of H-pyrrole nitrogens is 1. The molecule has 0 spiro atoms. The number of nitrogens with zero attached hydrogens (tertiary/aromatic N) is 1. The summed E-state index contributed by atoms with van der Waals surface area (Å²) in [5.41, 5.74) is 0.318. The van der Waals surface area contributed by atoms with E-state index in [0.29, 0.717) is 18.4 Å². The van der Waals surface area contributed by atoms with Crippen molar-refractivity contribution in [3.05, 3.63) is 39.6 Å². The number of aldehydes is 1. The molecule has 82 valence electrons. The average Bonchev–Trinajstić information content (AvgIpc) is 2.30. The van der Waals surface area contributed by atoms with E-state index in [2.05, 4.69) is 9.97 Å². The van der Waals surface area contributed by atoms with Gasteiger partial charge in [0.15, 0.2) is 6.29 Å². The van der Waals surface area contributed by atoms with E-state index in [-0.39, 0.29) is 16.6 Å². The molecule has 0 atom stereocenters. The van der Waals surface area contributed by atoms with Gasteiger partial charge in [0.25, 0.3) is 5.56 Å². The minimum absolute atomic E-state index is 0.0215. The number of halogens is 1. The van der Waals surface area contributed by atoms with Gasteiger partial charge >= 0.3 is 0 Å². The highest BCUT2D eigenvalue weighted by molar-refractivity contribution is 5.94. The largest absolute Gasteiger partial charge is 0.317 e. The van der Waals surface area contributed by atoms with Gasteiger partial charge in [-0.15, -0.1) is 0 Å². The Bertz CT molecular complexity index is 619. The topological polar surface area (TPSA) is 62.8 Å². The molecule has 5 heteroatoms. The average molecular weight is 220 g/mol. The first-order chi connectivity index (χ1) is 7.67. The number of rotatable bonds is 2. The summed E-state index contributed by atoms with van der Waals surface area (Å²) in [6.07, 6.45) is 1.02. The molecule has 0 aliphatic rings. The van der Waals surface area contributed by atoms with Gasteiger partial charge in [0.1, 0.15) is 22.5 Å². The van der Waals surface area contributed by atoms with Crippen LogP contribution in [0.25, 0.3) is 11.0 Å². The maximum absolute atomic E-state index is 13.4. The van der Waals surface area contributed by atoms with Gasteiger partial charge in [-0.1, -0.05) is 6.92 Å². The summed E-state index contributed by atoms with van der Waals surface area (Å²) in [4.78, 5) is 28.6. The van der Waals surface area contributed by atoms with Crippen LogP contribution in [0.5, 0.6) is 0 Å². The summed E-state index contributed by atoms with van der Waals surface area (Å²) in [6, 6.07) is 2.48. The van der Waals surface area contributed by atoms with Crippen LogP contribution < -0.4 is 5.56 Å². The Balaban J connectivity index is 2.94. The van der Waals surface area contributed by atoms with E-state index in [1.54, 1.807) is 6.92 Å². The second-order valence-electron chi connectivity index (χ2n) is 3.34. The third kappa shape index (κ3) is 1.50. The Labute approximate surface area is 90.1 Å². The highest BCUT2D eigenvalue weighted by Crippen LogP contribution is 2.15. The van der Waals surface area contributed by atoms with Crippen molar-refractivity contribution in [1.29, 1.82) is 0 Å². The first kappa shape index (κ1) is 10.5. The van der Waals surface area contributed by atoms with Gasteiger partial charge in [0, 0.05) is 5.56 Å². The third-order valence-electron chi connectivity index (χ3n) is 2.37. The third-order valence-corrected chi connectivity index (χ3v) is 2.37. The van der Waals surface area contributed by atoms with Crippen LogP contribution in [0, 0.1) is 5.82 Å². The molecule has 0 saturated carbocycles. The Morgan fingerprint density at radius 1 is 1.50 bits per heavy atom. The molecule has 0 aliphatic heterocycles. The molecule has 2 aromatic rings. The second-order valence-corrected chi connectivity index (χ2v) is 3.34. The van der Waals surface area contributed by atoms with Crippen molar-refractivity contribution >= 4 is 17.3 Å². The van der Waals surface area contributed by atoms with E-state index in [4.69, 9.17) is 0 Å². The van der Waals surface area contributed by atoms with Crippen LogP contribution in [0.15, 0.2) is 16.9 Å². The van der Waals surface area contributed by atoms with E-state index in [1.807, 2.05) is 0 Å². The highest BCUT2D eigenvalue weighted by Gasteiger charge is 2.10. The normalized spacial score (nSPS) is 10.6. The number of fused-ring (bicyclic) bond motifs is 1. The van der Waals surface area contributed by atoms with Crippen LogP contribution in [-0.4, -0.2) is 16.3 Å². The Morgan fingerprint density at radius 2 is 2.25 bits per heavy atom. The maximum Gasteiger partial charge on any atom is 0.270 e. The van der Waals surface area contributed by atoms with Gasteiger partial charge in [-0.05, 0) is 18.6 Å². The van der Waals surface area contributed by atoms with Crippen LogP contribution in [0.2, 0.25) is 0 Å². The summed E-state index contributed by atoms with van der Waals surface area (Å²) in [7, 11) is 0. The molecule has 0 amide bonds. The van der Waals surface area contributed by atoms with Gasteiger partial charge in [0.05, 0.1) is 0 Å². The molecular weight excluding hydrogens is 211 g/mol. The fourth-order valence-corrected chi connectivity index (χ4v) is 1.53. The van der Waals surface area contributed by atoms with Gasteiger partial charge in [0.2, 0.25) is 0 Å². The minimum atomic E-state index is -0.590. The molecule has 16 heavy (non-hydrogen) atoms. The van der Waals surface area contributed by atoms with Crippen molar-refractivity contribution in [2.45, 2.75) is 13.3 Å². The van der Waals surface area contributed by atoms with E-state index in [1.165, 1.54) is 6.07 Å². The Kier molecular flexibility index (Phi) is 2.52. The van der Waals surface area contributed by atoms with E-state index in [9.17, 15) is 14.0 Å². The Hall–Kier alpha value is -2.04. The van der Waals surface area contributed by atoms with Gasteiger partial charge < -0.3 is 4.98 Å². The van der Waals surface area contributed by atoms with Crippen LogP contribution >= 0.6 is 0 Å². The molecule has 0 unspecified atom stereocenters. The highest BCUT2D eigenvalue weighted by atomic mass is 19.1. The van der Waals surface area contributed by atoms with Crippen molar-refractivity contribution in [2.24, 2.45) is 0 Å². The number of benzene rings is 1. The molecule has 0 fully saturated rings. The first-order valence-corrected chi connectivity index (χ1v) is 4.84. The molecule has 1 N–H and O–H groups in total. The number of aromatic nitrogens is 2. The van der Waals surface area contributed by atoms with Gasteiger partial charge in [-0.3, -0.25) is 9.59 Å². The van der Waals surface area contributed by atoms with Gasteiger partial charge in [-0.25, -0.2) is 9.37 Å². The van der Waals surface area contributed by atoms with Crippen molar-refractivity contribution in [3.63, 3.8) is 0 Å². The molecule has 2 rings (SSSR count). The number of carbonyl (C=O) groups is 1. The lowest BCUT2D eigenvalue weighted by Gasteiger charge is -2.03. The first-order valence-electron chi connectivity index (χ1n) is 4.84. The fourth-order valence-electron chi connectivity index (χ4n) is 1.53. The van der Waals surface area contributed by atoms with Crippen LogP contribution in [0.4, 0.5) is 4.39 Å². The Morgan fingerprint density at radius 3 is 2.88 bits per heavy atom. The lowest BCUT2D eigenvalue weighted by molar-refractivity contribution is 0.112. The van der Waals surface area contributed by atoms with E-state index < -0.39 is 11.4 Å². The molecule has 1 aromatic heterocycles. The van der Waals surface area contributed by atoms with Crippen molar-refractivity contribution in [1.82, 2.24) is 9.97 Å². The zero-order chi connectivity index (χ0) is 11.7. The molecule has 1 aromatic carbocycles. The van der Waals surface area contributed by atoms with Crippen LogP contribution in [0.1, 0.15) is 23.0 Å². The fraction of sp³-hybridized carbons (Fsp3) is 0.182. The van der Waals surface area contributed by atoms with Gasteiger partial charge in [-0.2, -0.15) is 0 Å². The number of nitrogens with one attached hydrogen (secondary N) is 1. The summed E-state index contributed by atoms with van der Waals surface area (Å²) in [5, 5.41) is 0. The lowest BCUT2D eigenvalue weighted by Crippen LogP contribution is -2.15. The molecule has 0 saturated heterocycles. The number of hydrogen-bond acceptors (Lipinski definition) is 3. The predicted molar refractivity (Wildman–Crippen MR) is 57.1 cm³/mol. The molecule has 0 aliphatic carbocycles.